The first-order chi connectivity index (χ1) is 11.7. The molecule has 0 saturated carbocycles. The molecule has 4 heteroatoms. The van der Waals surface area contributed by atoms with Crippen molar-refractivity contribution >= 4 is 23.5 Å². The van der Waals surface area contributed by atoms with E-state index in [1.807, 2.05) is 18.2 Å². The van der Waals surface area contributed by atoms with Gasteiger partial charge in [-0.2, -0.15) is 0 Å². The fraction of sp³-hybridized carbons (Fsp3) is 0. The van der Waals surface area contributed by atoms with Gasteiger partial charge in [-0.15, -0.1) is 0 Å². The summed E-state index contributed by atoms with van der Waals surface area (Å²) in [5.74, 6) is 0.301. The van der Waals surface area contributed by atoms with Crippen molar-refractivity contribution in [2.45, 2.75) is 0 Å². The summed E-state index contributed by atoms with van der Waals surface area (Å²) in [6, 6.07) is 19.2. The van der Waals surface area contributed by atoms with Crippen LogP contribution in [0, 0.1) is 0 Å². The third-order valence-corrected chi connectivity index (χ3v) is 3.41. The van der Waals surface area contributed by atoms with Gasteiger partial charge in [-0.3, -0.25) is 9.59 Å². The topological polar surface area (TPSA) is 59.3 Å². The quantitative estimate of drug-likeness (QED) is 0.559. The van der Waals surface area contributed by atoms with Gasteiger partial charge >= 0.3 is 0 Å². The minimum Gasteiger partial charge on any atom is -0.465 e. The smallest absolute Gasteiger partial charge is 0.255 e. The average Bonchev–Trinajstić information content (AvgIpc) is 3.14. The number of allylic oxidation sites excluding steroid dienone is 1. The Bertz CT molecular complexity index is 848. The second-order valence-corrected chi connectivity index (χ2v) is 5.11. The highest BCUT2D eigenvalue weighted by molar-refractivity contribution is 6.07. The van der Waals surface area contributed by atoms with Crippen LogP contribution in [-0.2, 0) is 0 Å². The molecule has 0 aliphatic heterocycles. The maximum absolute atomic E-state index is 12.1. The molecule has 0 radical (unpaired) electrons. The van der Waals surface area contributed by atoms with Gasteiger partial charge in [0.25, 0.3) is 5.91 Å². The molecule has 1 aromatic heterocycles. The molecule has 3 aromatic rings. The molecule has 118 valence electrons. The number of hydrogen-bond donors (Lipinski definition) is 1. The molecule has 0 atom stereocenters. The number of nitrogens with one attached hydrogen (secondary N) is 1. The first kappa shape index (κ1) is 15.5. The van der Waals surface area contributed by atoms with E-state index in [1.165, 1.54) is 6.08 Å². The minimum absolute atomic E-state index is 0.132. The molecule has 4 nitrogen and oxygen atoms in total. The first-order valence-electron chi connectivity index (χ1n) is 7.45. The summed E-state index contributed by atoms with van der Waals surface area (Å²) in [5.41, 5.74) is 1.75. The van der Waals surface area contributed by atoms with Crippen LogP contribution in [0.3, 0.4) is 0 Å². The highest BCUT2D eigenvalue weighted by Gasteiger charge is 2.06. The maximum Gasteiger partial charge on any atom is 0.255 e. The van der Waals surface area contributed by atoms with Crippen LogP contribution in [0.25, 0.3) is 6.08 Å². The van der Waals surface area contributed by atoms with Crippen molar-refractivity contribution in [2.75, 3.05) is 5.32 Å². The zero-order chi connectivity index (χ0) is 16.8. The molecule has 0 aliphatic carbocycles. The lowest BCUT2D eigenvalue weighted by Crippen LogP contribution is -2.11. The Labute approximate surface area is 139 Å². The fourth-order valence-electron chi connectivity index (χ4n) is 2.15. The van der Waals surface area contributed by atoms with Gasteiger partial charge < -0.3 is 9.73 Å². The summed E-state index contributed by atoms with van der Waals surface area (Å²) in [4.78, 5) is 24.1. The normalized spacial score (nSPS) is 10.7. The standard InChI is InChI=1S/C20H15NO3/c22-19(13-12-18-7-4-14-24-18)15-8-10-17(11-9-15)21-20(23)16-5-2-1-3-6-16/h1-14H,(H,21,23)/b13-12+. The summed E-state index contributed by atoms with van der Waals surface area (Å²) in [6.45, 7) is 0. The van der Waals surface area contributed by atoms with Crippen LogP contribution in [0.15, 0.2) is 83.5 Å². The molecule has 2 aromatic carbocycles. The van der Waals surface area contributed by atoms with Crippen molar-refractivity contribution in [3.8, 4) is 0 Å². The van der Waals surface area contributed by atoms with Gasteiger partial charge in [0.05, 0.1) is 6.26 Å². The molecular weight excluding hydrogens is 302 g/mol. The number of anilines is 1. The molecule has 0 aliphatic rings. The summed E-state index contributed by atoms with van der Waals surface area (Å²) in [6.07, 6.45) is 4.62. The van der Waals surface area contributed by atoms with Crippen LogP contribution in [0.2, 0.25) is 0 Å². The molecule has 24 heavy (non-hydrogen) atoms. The Morgan fingerprint density at radius 2 is 1.58 bits per heavy atom. The number of carbonyl (C=O) groups is 2. The van der Waals surface area contributed by atoms with E-state index in [4.69, 9.17) is 4.42 Å². The second kappa shape index (κ2) is 7.24. The van der Waals surface area contributed by atoms with E-state index in [1.54, 1.807) is 60.9 Å². The molecule has 1 heterocycles. The van der Waals surface area contributed by atoms with Crippen LogP contribution in [-0.4, -0.2) is 11.7 Å². The number of rotatable bonds is 5. The lowest BCUT2D eigenvalue weighted by Gasteiger charge is -2.05. The maximum atomic E-state index is 12.1. The highest BCUT2D eigenvalue weighted by Crippen LogP contribution is 2.13. The number of carbonyl (C=O) groups excluding carboxylic acids is 2. The zero-order valence-corrected chi connectivity index (χ0v) is 12.8. The van der Waals surface area contributed by atoms with Crippen molar-refractivity contribution in [3.63, 3.8) is 0 Å². The molecule has 3 rings (SSSR count). The largest absolute Gasteiger partial charge is 0.465 e. The molecule has 0 fully saturated rings. The number of benzene rings is 2. The van der Waals surface area contributed by atoms with E-state index < -0.39 is 0 Å². The molecule has 1 amide bonds. The van der Waals surface area contributed by atoms with E-state index in [-0.39, 0.29) is 11.7 Å². The summed E-state index contributed by atoms with van der Waals surface area (Å²) in [7, 11) is 0. The number of furan rings is 1. The molecule has 0 saturated heterocycles. The van der Waals surface area contributed by atoms with E-state index in [2.05, 4.69) is 5.32 Å². The van der Waals surface area contributed by atoms with Crippen molar-refractivity contribution in [3.05, 3.63) is 96.0 Å². The Morgan fingerprint density at radius 3 is 2.25 bits per heavy atom. The molecule has 0 bridgehead atoms. The Hall–Kier alpha value is -3.40. The van der Waals surface area contributed by atoms with E-state index in [9.17, 15) is 9.59 Å². The Kier molecular flexibility index (Phi) is 4.68. The van der Waals surface area contributed by atoms with Gasteiger partial charge in [-0.05, 0) is 60.7 Å². The predicted molar refractivity (Wildman–Crippen MR) is 92.9 cm³/mol. The SMILES string of the molecule is O=C(/C=C/c1ccco1)c1ccc(NC(=O)c2ccccc2)cc1. The monoisotopic (exact) mass is 317 g/mol. The van der Waals surface area contributed by atoms with Crippen LogP contribution in [0.4, 0.5) is 5.69 Å². The van der Waals surface area contributed by atoms with Gasteiger partial charge in [0.15, 0.2) is 5.78 Å². The summed E-state index contributed by atoms with van der Waals surface area (Å²) in [5, 5.41) is 2.80. The number of hydrogen-bond acceptors (Lipinski definition) is 3. The molecule has 1 N–H and O–H groups in total. The van der Waals surface area contributed by atoms with Crippen molar-refractivity contribution in [2.24, 2.45) is 0 Å². The molecule has 0 unspecified atom stereocenters. The van der Waals surface area contributed by atoms with Crippen molar-refractivity contribution < 1.29 is 14.0 Å². The van der Waals surface area contributed by atoms with Gasteiger partial charge in [-0.25, -0.2) is 0 Å². The number of ketones is 1. The highest BCUT2D eigenvalue weighted by atomic mass is 16.3. The first-order valence-corrected chi connectivity index (χ1v) is 7.45. The minimum atomic E-state index is -0.188. The Balaban J connectivity index is 1.65. The Morgan fingerprint density at radius 1 is 0.833 bits per heavy atom. The second-order valence-electron chi connectivity index (χ2n) is 5.11. The third kappa shape index (κ3) is 3.87. The van der Waals surface area contributed by atoms with E-state index in [0.29, 0.717) is 22.6 Å². The van der Waals surface area contributed by atoms with Gasteiger partial charge in [-0.1, -0.05) is 18.2 Å². The van der Waals surface area contributed by atoms with Gasteiger partial charge in [0.1, 0.15) is 5.76 Å². The lowest BCUT2D eigenvalue weighted by atomic mass is 10.1. The number of amides is 1. The van der Waals surface area contributed by atoms with Gasteiger partial charge in [0.2, 0.25) is 0 Å². The zero-order valence-electron chi connectivity index (χ0n) is 12.8. The van der Waals surface area contributed by atoms with Gasteiger partial charge in [0, 0.05) is 16.8 Å². The average molecular weight is 317 g/mol. The third-order valence-electron chi connectivity index (χ3n) is 3.41. The van der Waals surface area contributed by atoms with Crippen molar-refractivity contribution in [1.29, 1.82) is 0 Å². The van der Waals surface area contributed by atoms with Crippen LogP contribution in [0.1, 0.15) is 26.5 Å². The molecular formula is C20H15NO3. The van der Waals surface area contributed by atoms with E-state index >= 15 is 0 Å². The van der Waals surface area contributed by atoms with Crippen LogP contribution in [0.5, 0.6) is 0 Å². The lowest BCUT2D eigenvalue weighted by molar-refractivity contribution is 0.102. The van der Waals surface area contributed by atoms with Crippen molar-refractivity contribution in [1.82, 2.24) is 0 Å². The predicted octanol–water partition coefficient (Wildman–Crippen LogP) is 4.43. The van der Waals surface area contributed by atoms with Crippen LogP contribution < -0.4 is 5.32 Å². The fourth-order valence-corrected chi connectivity index (χ4v) is 2.15. The summed E-state index contributed by atoms with van der Waals surface area (Å²) >= 11 is 0. The van der Waals surface area contributed by atoms with E-state index in [0.717, 1.165) is 0 Å². The summed E-state index contributed by atoms with van der Waals surface area (Å²) < 4.78 is 5.14. The van der Waals surface area contributed by atoms with Crippen LogP contribution >= 0.6 is 0 Å². The molecule has 0 spiro atoms.